The van der Waals surface area contributed by atoms with Gasteiger partial charge in [-0.25, -0.2) is 8.42 Å². The molecule has 0 aliphatic rings. The standard InChI is InChI=1S/C6H6O6S2/c7-3-1-5(13(9)10)4(8)2-6(3)14(11)12/h1-2,7-8H,(H,9,10)(H,11,12). The fourth-order valence-electron chi connectivity index (χ4n) is 0.818. The molecule has 1 rings (SSSR count). The Labute approximate surface area is 83.8 Å². The molecule has 0 aliphatic carbocycles. The summed E-state index contributed by atoms with van der Waals surface area (Å²) in [5.41, 5.74) is 0. The van der Waals surface area contributed by atoms with Crippen LogP contribution < -0.4 is 0 Å². The van der Waals surface area contributed by atoms with Gasteiger partial charge in [0.05, 0.1) is 0 Å². The van der Waals surface area contributed by atoms with E-state index in [1.807, 2.05) is 0 Å². The fourth-order valence-corrected chi connectivity index (χ4v) is 1.72. The molecule has 78 valence electrons. The molecule has 2 atom stereocenters. The van der Waals surface area contributed by atoms with E-state index in [2.05, 4.69) is 0 Å². The van der Waals surface area contributed by atoms with Crippen molar-refractivity contribution in [3.05, 3.63) is 12.1 Å². The van der Waals surface area contributed by atoms with Gasteiger partial charge in [0.1, 0.15) is 21.3 Å². The van der Waals surface area contributed by atoms with Crippen LogP contribution in [0.1, 0.15) is 0 Å². The summed E-state index contributed by atoms with van der Waals surface area (Å²) in [6.45, 7) is 0. The van der Waals surface area contributed by atoms with Gasteiger partial charge in [0.2, 0.25) is 0 Å². The van der Waals surface area contributed by atoms with Gasteiger partial charge < -0.3 is 19.3 Å². The molecule has 0 fully saturated rings. The second-order valence-corrected chi connectivity index (χ2v) is 4.16. The average molecular weight is 238 g/mol. The molecule has 0 saturated heterocycles. The first-order chi connectivity index (χ1) is 6.43. The highest BCUT2D eigenvalue weighted by Gasteiger charge is 2.15. The highest BCUT2D eigenvalue weighted by Crippen LogP contribution is 2.30. The van der Waals surface area contributed by atoms with E-state index in [4.69, 9.17) is 19.3 Å². The zero-order chi connectivity index (χ0) is 10.9. The van der Waals surface area contributed by atoms with Crippen LogP contribution in [0.15, 0.2) is 21.9 Å². The van der Waals surface area contributed by atoms with Gasteiger partial charge >= 0.3 is 0 Å². The maximum Gasteiger partial charge on any atom is 0.190 e. The van der Waals surface area contributed by atoms with E-state index in [9.17, 15) is 8.42 Å². The maximum absolute atomic E-state index is 10.6. The first-order valence-corrected chi connectivity index (χ1v) is 5.42. The zero-order valence-electron chi connectivity index (χ0n) is 6.58. The topological polar surface area (TPSA) is 115 Å². The minimum Gasteiger partial charge on any atom is -0.507 e. The highest BCUT2D eigenvalue weighted by atomic mass is 32.2. The van der Waals surface area contributed by atoms with Gasteiger partial charge in [-0.2, -0.15) is 0 Å². The summed E-state index contributed by atoms with van der Waals surface area (Å²) in [5, 5.41) is 18.3. The Kier molecular flexibility index (Phi) is 3.21. The molecular weight excluding hydrogens is 232 g/mol. The lowest BCUT2D eigenvalue weighted by Gasteiger charge is -2.04. The number of hydrogen-bond donors (Lipinski definition) is 4. The second-order valence-electron chi connectivity index (χ2n) is 2.29. The third kappa shape index (κ3) is 2.10. The van der Waals surface area contributed by atoms with Gasteiger partial charge in [-0.3, -0.25) is 0 Å². The summed E-state index contributed by atoms with van der Waals surface area (Å²) in [4.78, 5) is -0.839. The smallest absolute Gasteiger partial charge is 0.190 e. The van der Waals surface area contributed by atoms with Gasteiger partial charge in [0.25, 0.3) is 0 Å². The summed E-state index contributed by atoms with van der Waals surface area (Å²) in [7, 11) is 0. The molecule has 1 aromatic carbocycles. The van der Waals surface area contributed by atoms with Crippen LogP contribution in [0.4, 0.5) is 0 Å². The molecule has 6 nitrogen and oxygen atoms in total. The van der Waals surface area contributed by atoms with Crippen LogP contribution in [0.2, 0.25) is 0 Å². The van der Waals surface area contributed by atoms with E-state index in [1.54, 1.807) is 0 Å². The molecule has 1 aromatic rings. The normalized spacial score (nSPS) is 15.0. The molecule has 0 amide bonds. The molecule has 0 aromatic heterocycles. The van der Waals surface area contributed by atoms with Crippen molar-refractivity contribution in [2.45, 2.75) is 9.79 Å². The molecule has 8 heteroatoms. The average Bonchev–Trinajstić information content (AvgIpc) is 2.07. The van der Waals surface area contributed by atoms with Gasteiger partial charge in [-0.15, -0.1) is 0 Å². The highest BCUT2D eigenvalue weighted by molar-refractivity contribution is 7.79. The summed E-state index contributed by atoms with van der Waals surface area (Å²) in [6, 6.07) is 1.52. The third-order valence-electron chi connectivity index (χ3n) is 1.42. The molecule has 0 radical (unpaired) electrons. The van der Waals surface area contributed by atoms with Crippen LogP contribution in [0, 0.1) is 0 Å². The molecule has 0 saturated carbocycles. The van der Waals surface area contributed by atoms with Crippen molar-refractivity contribution in [2.75, 3.05) is 0 Å². The predicted octanol–water partition coefficient (Wildman–Crippen LogP) is 0.259. The fraction of sp³-hybridized carbons (Fsp3) is 0. The number of phenolic OH excluding ortho intramolecular Hbond substituents is 2. The van der Waals surface area contributed by atoms with Crippen LogP contribution in [0.25, 0.3) is 0 Å². The zero-order valence-corrected chi connectivity index (χ0v) is 8.21. The lowest BCUT2D eigenvalue weighted by Crippen LogP contribution is -1.94. The number of aromatic hydroxyl groups is 2. The van der Waals surface area contributed by atoms with E-state index in [0.29, 0.717) is 0 Å². The van der Waals surface area contributed by atoms with E-state index in [0.717, 1.165) is 12.1 Å². The van der Waals surface area contributed by atoms with E-state index < -0.39 is 43.5 Å². The van der Waals surface area contributed by atoms with Crippen molar-refractivity contribution in [1.29, 1.82) is 0 Å². The van der Waals surface area contributed by atoms with Crippen molar-refractivity contribution in [3.63, 3.8) is 0 Å². The monoisotopic (exact) mass is 238 g/mol. The molecular formula is C6H6O6S2. The van der Waals surface area contributed by atoms with E-state index in [-0.39, 0.29) is 0 Å². The van der Waals surface area contributed by atoms with Crippen LogP contribution in [0.3, 0.4) is 0 Å². The molecule has 4 N–H and O–H groups in total. The molecule has 0 heterocycles. The van der Waals surface area contributed by atoms with Crippen molar-refractivity contribution >= 4 is 22.2 Å². The van der Waals surface area contributed by atoms with Crippen molar-refractivity contribution in [2.24, 2.45) is 0 Å². The first-order valence-electron chi connectivity index (χ1n) is 3.21. The minimum atomic E-state index is -2.46. The molecule has 0 aliphatic heterocycles. The SMILES string of the molecule is O=S(O)c1cc(O)c(S(=O)O)cc1O. The summed E-state index contributed by atoms with van der Waals surface area (Å²) >= 11 is -4.93. The molecule has 0 bridgehead atoms. The Morgan fingerprint density at radius 1 is 0.857 bits per heavy atom. The number of hydrogen-bond acceptors (Lipinski definition) is 4. The Morgan fingerprint density at radius 2 is 1.14 bits per heavy atom. The van der Waals surface area contributed by atoms with Crippen molar-refractivity contribution in [1.82, 2.24) is 0 Å². The Bertz CT molecular complexity index is 375. The third-order valence-corrected chi connectivity index (χ3v) is 2.82. The van der Waals surface area contributed by atoms with Crippen LogP contribution in [-0.4, -0.2) is 27.7 Å². The lowest BCUT2D eigenvalue weighted by atomic mass is 10.3. The largest absolute Gasteiger partial charge is 0.507 e. The Hall–Kier alpha value is -0.960. The number of phenols is 2. The molecule has 14 heavy (non-hydrogen) atoms. The molecule has 2 unspecified atom stereocenters. The lowest BCUT2D eigenvalue weighted by molar-refractivity contribution is 0.430. The quantitative estimate of drug-likeness (QED) is 0.434. The second kappa shape index (κ2) is 4.05. The van der Waals surface area contributed by atoms with Crippen LogP contribution in [-0.2, 0) is 22.2 Å². The van der Waals surface area contributed by atoms with Crippen LogP contribution in [0.5, 0.6) is 11.5 Å². The van der Waals surface area contributed by atoms with Gasteiger partial charge in [0, 0.05) is 12.1 Å². The van der Waals surface area contributed by atoms with Crippen molar-refractivity contribution < 1.29 is 27.7 Å². The Morgan fingerprint density at radius 3 is 1.36 bits per heavy atom. The van der Waals surface area contributed by atoms with E-state index >= 15 is 0 Å². The van der Waals surface area contributed by atoms with Crippen LogP contribution >= 0.6 is 0 Å². The predicted molar refractivity (Wildman–Crippen MR) is 47.8 cm³/mol. The maximum atomic E-state index is 10.6. The first kappa shape index (κ1) is 11.1. The summed E-state index contributed by atoms with van der Waals surface area (Å²) in [5.74, 6) is -1.25. The summed E-state index contributed by atoms with van der Waals surface area (Å²) < 4.78 is 38.4. The molecule has 0 spiro atoms. The number of rotatable bonds is 2. The van der Waals surface area contributed by atoms with Gasteiger partial charge in [-0.1, -0.05) is 0 Å². The van der Waals surface area contributed by atoms with Gasteiger partial charge in [-0.05, 0) is 0 Å². The van der Waals surface area contributed by atoms with E-state index in [1.165, 1.54) is 0 Å². The Balaban J connectivity index is 3.38. The summed E-state index contributed by atoms with van der Waals surface area (Å²) in [6.07, 6.45) is 0. The minimum absolute atomic E-state index is 0.420. The number of benzene rings is 1. The van der Waals surface area contributed by atoms with Gasteiger partial charge in [0.15, 0.2) is 22.2 Å². The van der Waals surface area contributed by atoms with Crippen molar-refractivity contribution in [3.8, 4) is 11.5 Å².